The first-order valence-electron chi connectivity index (χ1n) is 3.68. The van der Waals surface area contributed by atoms with Gasteiger partial charge >= 0.3 is 0 Å². The number of allylic oxidation sites excluding steroid dienone is 3. The second-order valence-electron chi connectivity index (χ2n) is 2.61. The Morgan fingerprint density at radius 3 is 2.64 bits per heavy atom. The highest BCUT2D eigenvalue weighted by Crippen LogP contribution is 2.20. The smallest absolute Gasteiger partial charge is 0.0900 e. The fourth-order valence-corrected chi connectivity index (χ4v) is 0.963. The van der Waals surface area contributed by atoms with Crippen LogP contribution in [-0.4, -0.2) is 6.67 Å². The molecule has 0 saturated heterocycles. The lowest BCUT2D eigenvalue weighted by Gasteiger charge is -2.10. The molecule has 0 nitrogen and oxygen atoms in total. The summed E-state index contributed by atoms with van der Waals surface area (Å²) in [6, 6.07) is 0. The molecule has 0 aliphatic carbocycles. The zero-order valence-electron chi connectivity index (χ0n) is 7.03. The zero-order valence-corrected chi connectivity index (χ0v) is 7.79. The Kier molecular flexibility index (Phi) is 5.22. The molecule has 0 saturated carbocycles. The molecule has 0 N–H and O–H groups in total. The van der Waals surface area contributed by atoms with Gasteiger partial charge in [-0.1, -0.05) is 36.8 Å². The average molecular weight is 177 g/mol. The molecular formula is C9H14ClF. The van der Waals surface area contributed by atoms with Crippen molar-refractivity contribution in [1.82, 2.24) is 0 Å². The van der Waals surface area contributed by atoms with Crippen LogP contribution in [0.3, 0.4) is 0 Å². The van der Waals surface area contributed by atoms with Crippen molar-refractivity contribution >= 4 is 11.6 Å². The number of rotatable bonds is 4. The van der Waals surface area contributed by atoms with Crippen LogP contribution < -0.4 is 0 Å². The Labute approximate surface area is 72.7 Å². The molecule has 1 atom stereocenters. The monoisotopic (exact) mass is 176 g/mol. The third kappa shape index (κ3) is 3.57. The van der Waals surface area contributed by atoms with E-state index in [0.29, 0.717) is 11.5 Å². The summed E-state index contributed by atoms with van der Waals surface area (Å²) in [5.74, 6) is 0.213. The number of halogens is 2. The van der Waals surface area contributed by atoms with Crippen molar-refractivity contribution < 1.29 is 4.39 Å². The van der Waals surface area contributed by atoms with Gasteiger partial charge in [0.05, 0.1) is 6.67 Å². The van der Waals surface area contributed by atoms with E-state index >= 15 is 0 Å². The van der Waals surface area contributed by atoms with Crippen LogP contribution in [-0.2, 0) is 0 Å². The SMILES string of the molecule is C=C/C(Cl)=C(/C)C(C)CCF. The molecule has 0 amide bonds. The molecule has 1 unspecified atom stereocenters. The summed E-state index contributed by atoms with van der Waals surface area (Å²) >= 11 is 5.79. The van der Waals surface area contributed by atoms with E-state index in [4.69, 9.17) is 11.6 Å². The molecule has 2 heteroatoms. The number of alkyl halides is 1. The molecule has 0 radical (unpaired) electrons. The minimum atomic E-state index is -0.292. The van der Waals surface area contributed by atoms with Gasteiger partial charge in [0.1, 0.15) is 0 Å². The Morgan fingerprint density at radius 2 is 2.27 bits per heavy atom. The van der Waals surface area contributed by atoms with Crippen molar-refractivity contribution in [3.8, 4) is 0 Å². The van der Waals surface area contributed by atoms with E-state index in [1.54, 1.807) is 6.08 Å². The minimum absolute atomic E-state index is 0.213. The molecule has 0 aromatic rings. The van der Waals surface area contributed by atoms with Gasteiger partial charge < -0.3 is 0 Å². The van der Waals surface area contributed by atoms with Gasteiger partial charge in [0, 0.05) is 5.03 Å². The van der Waals surface area contributed by atoms with Gasteiger partial charge in [0.2, 0.25) is 0 Å². The van der Waals surface area contributed by atoms with Crippen LogP contribution in [0.4, 0.5) is 4.39 Å². The Balaban J connectivity index is 4.20. The van der Waals surface area contributed by atoms with Crippen LogP contribution in [0.2, 0.25) is 0 Å². The fraction of sp³-hybridized carbons (Fsp3) is 0.556. The summed E-state index contributed by atoms with van der Waals surface area (Å²) in [5.41, 5.74) is 1.01. The molecule has 0 aromatic carbocycles. The van der Waals surface area contributed by atoms with Crippen LogP contribution in [0.25, 0.3) is 0 Å². The lowest BCUT2D eigenvalue weighted by Crippen LogP contribution is -1.98. The summed E-state index contributed by atoms with van der Waals surface area (Å²) < 4.78 is 11.9. The molecule has 64 valence electrons. The van der Waals surface area contributed by atoms with E-state index in [1.165, 1.54) is 0 Å². The van der Waals surface area contributed by atoms with Crippen molar-refractivity contribution in [2.24, 2.45) is 5.92 Å². The fourth-order valence-electron chi connectivity index (χ4n) is 0.777. The third-order valence-electron chi connectivity index (χ3n) is 1.84. The molecule has 0 bridgehead atoms. The first-order chi connectivity index (χ1) is 5.13. The summed E-state index contributed by atoms with van der Waals surface area (Å²) in [4.78, 5) is 0. The second kappa shape index (κ2) is 5.36. The molecule has 0 fully saturated rings. The van der Waals surface area contributed by atoms with Crippen LogP contribution in [0.1, 0.15) is 20.3 Å². The first-order valence-corrected chi connectivity index (χ1v) is 4.06. The van der Waals surface area contributed by atoms with Crippen molar-refractivity contribution in [2.75, 3.05) is 6.67 Å². The molecule has 0 heterocycles. The first kappa shape index (κ1) is 10.7. The molecule has 0 aromatic heterocycles. The molecule has 0 aliphatic rings. The molecule has 11 heavy (non-hydrogen) atoms. The Hall–Kier alpha value is -0.300. The van der Waals surface area contributed by atoms with Gasteiger partial charge in [0.25, 0.3) is 0 Å². The Bertz CT molecular complexity index is 161. The van der Waals surface area contributed by atoms with Gasteiger partial charge in [-0.3, -0.25) is 4.39 Å². The second-order valence-corrected chi connectivity index (χ2v) is 3.02. The quantitative estimate of drug-likeness (QED) is 0.574. The van der Waals surface area contributed by atoms with Gasteiger partial charge in [-0.25, -0.2) is 0 Å². The van der Waals surface area contributed by atoms with E-state index in [0.717, 1.165) is 5.57 Å². The van der Waals surface area contributed by atoms with Gasteiger partial charge in [-0.2, -0.15) is 0 Å². The highest BCUT2D eigenvalue weighted by molar-refractivity contribution is 6.31. The minimum Gasteiger partial charge on any atom is -0.251 e. The summed E-state index contributed by atoms with van der Waals surface area (Å²) in [6.45, 7) is 7.11. The van der Waals surface area contributed by atoms with E-state index in [-0.39, 0.29) is 12.6 Å². The van der Waals surface area contributed by atoms with Crippen molar-refractivity contribution in [3.63, 3.8) is 0 Å². The number of hydrogen-bond donors (Lipinski definition) is 0. The van der Waals surface area contributed by atoms with Crippen LogP contribution in [0.15, 0.2) is 23.3 Å². The standard InChI is InChI=1S/C9H14ClF/c1-4-9(10)8(3)7(2)5-6-11/h4,7H,1,5-6H2,2-3H3/b9-8+. The third-order valence-corrected chi connectivity index (χ3v) is 2.29. The van der Waals surface area contributed by atoms with Crippen molar-refractivity contribution in [3.05, 3.63) is 23.3 Å². The van der Waals surface area contributed by atoms with Gasteiger partial charge in [-0.15, -0.1) is 0 Å². The summed E-state index contributed by atoms with van der Waals surface area (Å²) in [6.07, 6.45) is 2.13. The normalized spacial score (nSPS) is 15.6. The predicted octanol–water partition coefficient (Wildman–Crippen LogP) is 3.68. The Morgan fingerprint density at radius 1 is 1.73 bits per heavy atom. The summed E-state index contributed by atoms with van der Waals surface area (Å²) in [7, 11) is 0. The molecule has 0 rings (SSSR count). The summed E-state index contributed by atoms with van der Waals surface area (Å²) in [5, 5.41) is 0.644. The maximum Gasteiger partial charge on any atom is 0.0900 e. The molecule has 0 spiro atoms. The van der Waals surface area contributed by atoms with Crippen molar-refractivity contribution in [2.45, 2.75) is 20.3 Å². The lowest BCUT2D eigenvalue weighted by atomic mass is 9.99. The molecule has 0 aliphatic heterocycles. The lowest BCUT2D eigenvalue weighted by molar-refractivity contribution is 0.429. The van der Waals surface area contributed by atoms with Crippen LogP contribution >= 0.6 is 11.6 Å². The zero-order chi connectivity index (χ0) is 8.85. The van der Waals surface area contributed by atoms with E-state index in [9.17, 15) is 4.39 Å². The van der Waals surface area contributed by atoms with Gasteiger partial charge in [-0.05, 0) is 19.3 Å². The van der Waals surface area contributed by atoms with Crippen molar-refractivity contribution in [1.29, 1.82) is 0 Å². The molecular weight excluding hydrogens is 163 g/mol. The van der Waals surface area contributed by atoms with E-state index in [2.05, 4.69) is 6.58 Å². The average Bonchev–Trinajstić information content (AvgIpc) is 2.02. The van der Waals surface area contributed by atoms with E-state index < -0.39 is 0 Å². The predicted molar refractivity (Wildman–Crippen MR) is 48.5 cm³/mol. The maximum absolute atomic E-state index is 11.9. The highest BCUT2D eigenvalue weighted by atomic mass is 35.5. The highest BCUT2D eigenvalue weighted by Gasteiger charge is 2.06. The topological polar surface area (TPSA) is 0 Å². The van der Waals surface area contributed by atoms with Crippen LogP contribution in [0.5, 0.6) is 0 Å². The maximum atomic E-state index is 11.9. The number of hydrogen-bond acceptors (Lipinski definition) is 0. The van der Waals surface area contributed by atoms with E-state index in [1.807, 2.05) is 13.8 Å². The van der Waals surface area contributed by atoms with Crippen LogP contribution in [0, 0.1) is 5.92 Å². The largest absolute Gasteiger partial charge is 0.251 e. The van der Waals surface area contributed by atoms with Gasteiger partial charge in [0.15, 0.2) is 0 Å².